The Labute approximate surface area is 96.4 Å². The Morgan fingerprint density at radius 3 is 2.56 bits per heavy atom. The third kappa shape index (κ3) is 4.09. The highest BCUT2D eigenvalue weighted by molar-refractivity contribution is 7.91. The molecular formula is C10H19NO4S. The number of unbranched alkanes of at least 4 members (excludes halogenated alkanes) is 2. The molecular weight excluding hydrogens is 230 g/mol. The molecule has 1 atom stereocenters. The van der Waals surface area contributed by atoms with Gasteiger partial charge in [0.25, 0.3) is 0 Å². The van der Waals surface area contributed by atoms with Crippen molar-refractivity contribution in [2.24, 2.45) is 0 Å². The first-order chi connectivity index (χ1) is 7.59. The van der Waals surface area contributed by atoms with Crippen LogP contribution in [0.4, 0.5) is 0 Å². The number of amides is 1. The van der Waals surface area contributed by atoms with E-state index in [2.05, 4.69) is 0 Å². The molecule has 0 aromatic heterocycles. The summed E-state index contributed by atoms with van der Waals surface area (Å²) in [6, 6.07) is -0.142. The summed E-state index contributed by atoms with van der Waals surface area (Å²) in [7, 11) is -2.93. The molecule has 0 unspecified atom stereocenters. The Balaban J connectivity index is 2.34. The van der Waals surface area contributed by atoms with Crippen LogP contribution in [0.2, 0.25) is 0 Å². The molecule has 1 aliphatic heterocycles. The van der Waals surface area contributed by atoms with Gasteiger partial charge in [-0.25, -0.2) is 8.42 Å². The molecule has 1 N–H and O–H groups in total. The molecule has 5 nitrogen and oxygen atoms in total. The fourth-order valence-electron chi connectivity index (χ4n) is 1.94. The molecule has 1 amide bonds. The Kier molecular flexibility index (Phi) is 5.21. The van der Waals surface area contributed by atoms with Crippen molar-refractivity contribution in [1.29, 1.82) is 0 Å². The van der Waals surface area contributed by atoms with E-state index in [9.17, 15) is 13.2 Å². The maximum Gasteiger partial charge on any atom is 0.209 e. The number of sulfone groups is 1. The van der Waals surface area contributed by atoms with Gasteiger partial charge >= 0.3 is 0 Å². The van der Waals surface area contributed by atoms with Crippen molar-refractivity contribution < 1.29 is 18.3 Å². The van der Waals surface area contributed by atoms with Gasteiger partial charge < -0.3 is 10.0 Å². The van der Waals surface area contributed by atoms with E-state index in [1.165, 1.54) is 0 Å². The van der Waals surface area contributed by atoms with Crippen molar-refractivity contribution in [3.8, 4) is 0 Å². The van der Waals surface area contributed by atoms with E-state index in [0.717, 1.165) is 25.7 Å². The lowest BCUT2D eigenvalue weighted by Gasteiger charge is -2.23. The number of carbonyl (C=O) groups is 1. The molecule has 0 aromatic rings. The zero-order valence-electron chi connectivity index (χ0n) is 9.34. The minimum atomic E-state index is -2.93. The minimum absolute atomic E-state index is 0.103. The largest absolute Gasteiger partial charge is 0.396 e. The molecule has 6 heteroatoms. The Hall–Kier alpha value is -0.620. The van der Waals surface area contributed by atoms with Gasteiger partial charge in [0.2, 0.25) is 6.41 Å². The summed E-state index contributed by atoms with van der Waals surface area (Å²) >= 11 is 0. The van der Waals surface area contributed by atoms with Gasteiger partial charge in [-0.2, -0.15) is 0 Å². The van der Waals surface area contributed by atoms with Gasteiger partial charge in [0, 0.05) is 19.2 Å². The van der Waals surface area contributed by atoms with E-state index in [0.29, 0.717) is 13.0 Å². The molecule has 94 valence electrons. The topological polar surface area (TPSA) is 74.7 Å². The Bertz CT molecular complexity index is 315. The van der Waals surface area contributed by atoms with Crippen molar-refractivity contribution in [2.75, 3.05) is 24.7 Å². The SMILES string of the molecule is O=CN(CCCCCO)[C@@H]1CCS(=O)(=O)C1. The van der Waals surface area contributed by atoms with Crippen LogP contribution in [0.1, 0.15) is 25.7 Å². The third-order valence-electron chi connectivity index (χ3n) is 2.89. The van der Waals surface area contributed by atoms with Crippen molar-refractivity contribution in [3.63, 3.8) is 0 Å². The second kappa shape index (κ2) is 6.20. The molecule has 16 heavy (non-hydrogen) atoms. The lowest BCUT2D eigenvalue weighted by molar-refractivity contribution is -0.119. The monoisotopic (exact) mass is 249 g/mol. The predicted molar refractivity (Wildman–Crippen MR) is 60.8 cm³/mol. The summed E-state index contributed by atoms with van der Waals surface area (Å²) in [5.41, 5.74) is 0. The molecule has 1 aliphatic rings. The standard InChI is InChI=1S/C10H19NO4S/c12-6-3-1-2-5-11(9-13)10-4-7-16(14,15)8-10/h9-10,12H,1-8H2/t10-/m1/s1. The zero-order valence-corrected chi connectivity index (χ0v) is 10.2. The van der Waals surface area contributed by atoms with Crippen LogP contribution >= 0.6 is 0 Å². The number of rotatable bonds is 7. The van der Waals surface area contributed by atoms with Crippen LogP contribution in [0, 0.1) is 0 Å². The Morgan fingerprint density at radius 1 is 1.31 bits per heavy atom. The number of hydrogen-bond acceptors (Lipinski definition) is 4. The fraction of sp³-hybridized carbons (Fsp3) is 0.900. The van der Waals surface area contributed by atoms with Gasteiger partial charge in [0.05, 0.1) is 11.5 Å². The second-order valence-electron chi connectivity index (χ2n) is 4.18. The summed E-state index contributed by atoms with van der Waals surface area (Å²) in [5.74, 6) is 0.296. The van der Waals surface area contributed by atoms with Gasteiger partial charge in [-0.1, -0.05) is 0 Å². The van der Waals surface area contributed by atoms with Crippen molar-refractivity contribution in [1.82, 2.24) is 4.90 Å². The molecule has 0 radical (unpaired) electrons. The van der Waals surface area contributed by atoms with Crippen LogP contribution in [-0.4, -0.2) is 55.5 Å². The number of hydrogen-bond donors (Lipinski definition) is 1. The lowest BCUT2D eigenvalue weighted by Crippen LogP contribution is -2.35. The van der Waals surface area contributed by atoms with E-state index in [4.69, 9.17) is 5.11 Å². The first-order valence-electron chi connectivity index (χ1n) is 5.61. The molecule has 0 bridgehead atoms. The average molecular weight is 249 g/mol. The molecule has 1 fully saturated rings. The fourth-order valence-corrected chi connectivity index (χ4v) is 3.68. The van der Waals surface area contributed by atoms with Crippen molar-refractivity contribution >= 4 is 16.2 Å². The number of aliphatic hydroxyl groups excluding tert-OH is 1. The molecule has 0 aromatic carbocycles. The third-order valence-corrected chi connectivity index (χ3v) is 4.64. The van der Waals surface area contributed by atoms with Crippen molar-refractivity contribution in [3.05, 3.63) is 0 Å². The van der Waals surface area contributed by atoms with Gasteiger partial charge in [0.1, 0.15) is 0 Å². The second-order valence-corrected chi connectivity index (χ2v) is 6.41. The summed E-state index contributed by atoms with van der Waals surface area (Å²) in [5, 5.41) is 8.61. The van der Waals surface area contributed by atoms with Crippen LogP contribution in [0.5, 0.6) is 0 Å². The molecule has 1 saturated heterocycles. The molecule has 0 aliphatic carbocycles. The minimum Gasteiger partial charge on any atom is -0.396 e. The highest BCUT2D eigenvalue weighted by atomic mass is 32.2. The molecule has 1 rings (SSSR count). The van der Waals surface area contributed by atoms with E-state index >= 15 is 0 Å². The van der Waals surface area contributed by atoms with Crippen LogP contribution in [-0.2, 0) is 14.6 Å². The number of carbonyl (C=O) groups excluding carboxylic acids is 1. The predicted octanol–water partition coefficient (Wildman–Crippen LogP) is -0.206. The molecule has 0 saturated carbocycles. The number of aliphatic hydroxyl groups is 1. The maximum absolute atomic E-state index is 11.3. The normalized spacial score (nSPS) is 23.2. The zero-order chi connectivity index (χ0) is 12.0. The first kappa shape index (κ1) is 13.4. The van der Waals surface area contributed by atoms with Gasteiger partial charge in [-0.05, 0) is 25.7 Å². The first-order valence-corrected chi connectivity index (χ1v) is 7.43. The molecule has 1 heterocycles. The Morgan fingerprint density at radius 2 is 2.06 bits per heavy atom. The smallest absolute Gasteiger partial charge is 0.209 e. The average Bonchev–Trinajstić information content (AvgIpc) is 2.59. The van der Waals surface area contributed by atoms with E-state index < -0.39 is 9.84 Å². The van der Waals surface area contributed by atoms with Gasteiger partial charge in [-0.15, -0.1) is 0 Å². The van der Waals surface area contributed by atoms with Crippen LogP contribution in [0.3, 0.4) is 0 Å². The quantitative estimate of drug-likeness (QED) is 0.500. The molecule has 0 spiro atoms. The number of nitrogens with zero attached hydrogens (tertiary/aromatic N) is 1. The van der Waals surface area contributed by atoms with E-state index in [1.807, 2.05) is 0 Å². The van der Waals surface area contributed by atoms with Crippen molar-refractivity contribution in [2.45, 2.75) is 31.7 Å². The highest BCUT2D eigenvalue weighted by Gasteiger charge is 2.31. The van der Waals surface area contributed by atoms with Gasteiger partial charge in [-0.3, -0.25) is 4.79 Å². The summed E-state index contributed by atoms with van der Waals surface area (Å²) in [4.78, 5) is 12.4. The summed E-state index contributed by atoms with van der Waals surface area (Å²) in [6.07, 6.45) is 3.71. The lowest BCUT2D eigenvalue weighted by atomic mass is 10.2. The summed E-state index contributed by atoms with van der Waals surface area (Å²) in [6.45, 7) is 0.753. The van der Waals surface area contributed by atoms with Crippen LogP contribution in [0.25, 0.3) is 0 Å². The maximum atomic E-state index is 11.3. The van der Waals surface area contributed by atoms with E-state index in [-0.39, 0.29) is 24.2 Å². The highest BCUT2D eigenvalue weighted by Crippen LogP contribution is 2.17. The van der Waals surface area contributed by atoms with Crippen LogP contribution in [0.15, 0.2) is 0 Å². The van der Waals surface area contributed by atoms with Crippen LogP contribution < -0.4 is 0 Å². The summed E-state index contributed by atoms with van der Waals surface area (Å²) < 4.78 is 22.5. The van der Waals surface area contributed by atoms with Gasteiger partial charge in [0.15, 0.2) is 9.84 Å². The van der Waals surface area contributed by atoms with E-state index in [1.54, 1.807) is 4.90 Å².